The first-order valence-corrected chi connectivity index (χ1v) is 10.9. The van der Waals surface area contributed by atoms with Gasteiger partial charge in [-0.25, -0.2) is 14.8 Å². The maximum Gasteiger partial charge on any atom is 0.408 e. The van der Waals surface area contributed by atoms with Crippen LogP contribution in [0.3, 0.4) is 0 Å². The van der Waals surface area contributed by atoms with Crippen LogP contribution < -0.4 is 5.73 Å². The van der Waals surface area contributed by atoms with Crippen LogP contribution in [0.5, 0.6) is 0 Å². The first kappa shape index (κ1) is 23.2. The highest BCUT2D eigenvalue weighted by molar-refractivity contribution is 9.10. The average Bonchev–Trinajstić information content (AvgIpc) is 2.96. The van der Waals surface area contributed by atoms with Gasteiger partial charge in [0.2, 0.25) is 0 Å². The number of rotatable bonds is 6. The Labute approximate surface area is 189 Å². The number of ether oxygens (including phenoxy) is 1. The topological polar surface area (TPSA) is 119 Å². The van der Waals surface area contributed by atoms with Gasteiger partial charge in [-0.15, -0.1) is 0 Å². The second-order valence-corrected chi connectivity index (χ2v) is 9.98. The molecule has 3 aromatic rings. The molecule has 0 unspecified atom stereocenters. The Morgan fingerprint density at radius 3 is 2.52 bits per heavy atom. The molecule has 1 amide bonds. The van der Waals surface area contributed by atoms with Gasteiger partial charge in [0.25, 0.3) is 0 Å². The molecule has 0 aliphatic carbocycles. The van der Waals surface area contributed by atoms with E-state index in [0.717, 1.165) is 9.99 Å². The van der Waals surface area contributed by atoms with Gasteiger partial charge in [-0.1, -0.05) is 0 Å². The summed E-state index contributed by atoms with van der Waals surface area (Å²) in [6.07, 6.45) is 0.713. The summed E-state index contributed by atoms with van der Waals surface area (Å²) in [5.41, 5.74) is 7.42. The Bertz CT molecular complexity index is 1140. The summed E-state index contributed by atoms with van der Waals surface area (Å²) in [6.45, 7) is 12.5. The lowest BCUT2D eigenvalue weighted by Gasteiger charge is -2.45. The number of aromatic nitrogens is 4. The Morgan fingerprint density at radius 2 is 1.94 bits per heavy atom. The van der Waals surface area contributed by atoms with Gasteiger partial charge in [-0.05, 0) is 63.5 Å². The van der Waals surface area contributed by atoms with Crippen molar-refractivity contribution in [3.63, 3.8) is 0 Å². The number of nitrogen functional groups attached to an aromatic ring is 1. The van der Waals surface area contributed by atoms with E-state index in [2.05, 4.69) is 25.9 Å². The van der Waals surface area contributed by atoms with Crippen molar-refractivity contribution in [1.29, 1.82) is 0 Å². The molecule has 0 aromatic carbocycles. The molecule has 0 bridgehead atoms. The molecule has 0 fully saturated rings. The molecule has 0 saturated carbocycles. The monoisotopic (exact) mass is 492 g/mol. The van der Waals surface area contributed by atoms with E-state index in [-0.39, 0.29) is 6.61 Å². The Balaban J connectivity index is 2.28. The summed E-state index contributed by atoms with van der Waals surface area (Å²) in [5.74, 6) is 0.942. The van der Waals surface area contributed by atoms with Crippen LogP contribution in [-0.4, -0.2) is 53.3 Å². The molecule has 0 aliphatic heterocycles. The maximum absolute atomic E-state index is 12.2. The van der Waals surface area contributed by atoms with Crippen LogP contribution in [0.15, 0.2) is 16.7 Å². The minimum absolute atomic E-state index is 0.265. The Kier molecular flexibility index (Phi) is 6.16. The van der Waals surface area contributed by atoms with Gasteiger partial charge in [-0.2, -0.15) is 0 Å². The lowest BCUT2D eigenvalue weighted by molar-refractivity contribution is 0.0241. The molecular weight excluding hydrogens is 464 g/mol. The minimum atomic E-state index is -0.985. The molecule has 3 aromatic heterocycles. The largest absolute Gasteiger partial charge is 0.465 e. The number of hydrogen-bond acceptors (Lipinski definition) is 6. The molecule has 168 valence electrons. The number of nitrogens with zero attached hydrogens (tertiary/aromatic N) is 5. The van der Waals surface area contributed by atoms with Gasteiger partial charge < -0.3 is 20.1 Å². The van der Waals surface area contributed by atoms with E-state index in [0.29, 0.717) is 41.3 Å². The third-order valence-corrected chi connectivity index (χ3v) is 5.47. The van der Waals surface area contributed by atoms with Crippen molar-refractivity contribution in [3.05, 3.63) is 22.6 Å². The lowest BCUT2D eigenvalue weighted by Crippen LogP contribution is -2.58. The van der Waals surface area contributed by atoms with E-state index in [1.807, 2.05) is 52.2 Å². The highest BCUT2D eigenvalue weighted by Crippen LogP contribution is 2.33. The first-order chi connectivity index (χ1) is 14.4. The van der Waals surface area contributed by atoms with Gasteiger partial charge in [0, 0.05) is 29.4 Å². The van der Waals surface area contributed by atoms with Crippen molar-refractivity contribution in [2.75, 3.05) is 12.3 Å². The number of pyridine rings is 2. The predicted octanol–water partition coefficient (Wildman–Crippen LogP) is 4.42. The Hall–Kier alpha value is -2.46. The first-order valence-electron chi connectivity index (χ1n) is 10.1. The van der Waals surface area contributed by atoms with Crippen LogP contribution in [0.4, 0.5) is 10.6 Å². The van der Waals surface area contributed by atoms with Crippen LogP contribution in [0.1, 0.15) is 47.4 Å². The van der Waals surface area contributed by atoms with Gasteiger partial charge in [-0.3, -0.25) is 9.88 Å². The van der Waals surface area contributed by atoms with Crippen molar-refractivity contribution >= 4 is 49.9 Å². The number of hydrogen-bond donors (Lipinski definition) is 2. The quantitative estimate of drug-likeness (QED) is 0.522. The summed E-state index contributed by atoms with van der Waals surface area (Å²) in [5, 5.41) is 9.97. The smallest absolute Gasteiger partial charge is 0.408 e. The van der Waals surface area contributed by atoms with Crippen LogP contribution in [-0.2, 0) is 17.9 Å². The molecule has 0 aliphatic rings. The zero-order valence-corrected chi connectivity index (χ0v) is 20.3. The fraction of sp³-hybridized carbons (Fsp3) is 0.524. The normalized spacial score (nSPS) is 12.6. The second kappa shape index (κ2) is 8.23. The van der Waals surface area contributed by atoms with Crippen LogP contribution in [0.2, 0.25) is 0 Å². The molecule has 0 saturated heterocycles. The second-order valence-electron chi connectivity index (χ2n) is 9.07. The SMILES string of the molecule is CCOCc1nc2c(N)nc3cc(Br)cnc3c2n1CC(C)(C)N(C(=O)O)C(C)(C)C. The molecule has 31 heavy (non-hydrogen) atoms. The third-order valence-electron chi connectivity index (χ3n) is 5.04. The van der Waals surface area contributed by atoms with E-state index < -0.39 is 17.2 Å². The molecule has 0 radical (unpaired) electrons. The number of halogens is 1. The number of anilines is 1. The molecular formula is C21H29BrN6O3. The summed E-state index contributed by atoms with van der Waals surface area (Å²) in [4.78, 5) is 27.4. The number of carboxylic acid groups (broad SMARTS) is 1. The van der Waals surface area contributed by atoms with Crippen LogP contribution >= 0.6 is 15.9 Å². The number of imidazole rings is 1. The number of fused-ring (bicyclic) bond motifs is 3. The van der Waals surface area contributed by atoms with Crippen molar-refractivity contribution in [3.8, 4) is 0 Å². The fourth-order valence-corrected chi connectivity index (χ4v) is 4.50. The van der Waals surface area contributed by atoms with Crippen molar-refractivity contribution < 1.29 is 14.6 Å². The maximum atomic E-state index is 12.2. The lowest BCUT2D eigenvalue weighted by atomic mass is 9.94. The molecule has 3 N–H and O–H groups in total. The van der Waals surface area contributed by atoms with Crippen LogP contribution in [0.25, 0.3) is 22.1 Å². The Morgan fingerprint density at radius 1 is 1.26 bits per heavy atom. The van der Waals surface area contributed by atoms with Gasteiger partial charge >= 0.3 is 6.09 Å². The summed E-state index contributed by atoms with van der Waals surface area (Å²) < 4.78 is 8.40. The van der Waals surface area contributed by atoms with Crippen molar-refractivity contribution in [2.45, 2.75) is 65.8 Å². The van der Waals surface area contributed by atoms with Crippen LogP contribution in [0, 0.1) is 0 Å². The number of carbonyl (C=O) groups is 1. The summed E-state index contributed by atoms with van der Waals surface area (Å²) >= 11 is 3.43. The molecule has 3 rings (SSSR count). The zero-order valence-electron chi connectivity index (χ0n) is 18.7. The summed E-state index contributed by atoms with van der Waals surface area (Å²) in [6, 6.07) is 1.85. The molecule has 0 atom stereocenters. The van der Waals surface area contributed by atoms with E-state index in [4.69, 9.17) is 15.5 Å². The standard InChI is InChI=1S/C21H29BrN6O3/c1-7-31-10-14-26-16-17(15-13(25-18(16)23)8-12(22)9-24-15)27(14)11-21(5,6)28(19(29)30)20(2,3)4/h8-9H,7,10-11H2,1-6H3,(H2,23,25)(H,29,30). The van der Waals surface area contributed by atoms with E-state index in [1.165, 1.54) is 4.90 Å². The average molecular weight is 493 g/mol. The molecule has 3 heterocycles. The zero-order chi connectivity index (χ0) is 23.1. The summed E-state index contributed by atoms with van der Waals surface area (Å²) in [7, 11) is 0. The van der Waals surface area contributed by atoms with E-state index in [9.17, 15) is 9.90 Å². The fourth-order valence-electron chi connectivity index (χ4n) is 4.18. The van der Waals surface area contributed by atoms with Crippen molar-refractivity contribution in [2.24, 2.45) is 0 Å². The van der Waals surface area contributed by atoms with Gasteiger partial charge in [0.15, 0.2) is 5.82 Å². The molecule has 9 nitrogen and oxygen atoms in total. The van der Waals surface area contributed by atoms with E-state index in [1.54, 1.807) is 6.20 Å². The highest BCUT2D eigenvalue weighted by Gasteiger charge is 2.40. The predicted molar refractivity (Wildman–Crippen MR) is 124 cm³/mol. The molecule has 0 spiro atoms. The third kappa shape index (κ3) is 4.45. The van der Waals surface area contributed by atoms with Crippen molar-refractivity contribution in [1.82, 2.24) is 24.4 Å². The molecule has 10 heteroatoms. The van der Waals surface area contributed by atoms with Gasteiger partial charge in [0.1, 0.15) is 29.0 Å². The minimum Gasteiger partial charge on any atom is -0.465 e. The van der Waals surface area contributed by atoms with Gasteiger partial charge in [0.05, 0.1) is 11.1 Å². The highest BCUT2D eigenvalue weighted by atomic mass is 79.9. The number of nitrogens with two attached hydrogens (primary N) is 1. The number of amides is 1. The van der Waals surface area contributed by atoms with E-state index >= 15 is 0 Å².